The standard InChI is InChI=1S/C2H4ClN3O2/c3-1(5-7)2(4)6-8/h7-8H,(H2,4,6)/b5-1-. The lowest BCUT2D eigenvalue weighted by Crippen LogP contribution is -2.18. The van der Waals surface area contributed by atoms with Crippen molar-refractivity contribution in [3.8, 4) is 0 Å². The molecule has 0 aromatic heterocycles. The molecule has 0 aliphatic rings. The molecule has 0 aromatic carbocycles. The predicted octanol–water partition coefficient (Wildman–Crippen LogP) is -0.241. The van der Waals surface area contributed by atoms with E-state index in [1.807, 2.05) is 0 Å². The second-order valence-corrected chi connectivity index (χ2v) is 1.23. The molecule has 0 unspecified atom stereocenters. The van der Waals surface area contributed by atoms with Crippen LogP contribution >= 0.6 is 11.6 Å². The van der Waals surface area contributed by atoms with Gasteiger partial charge in [0.1, 0.15) is 0 Å². The fourth-order valence-electron chi connectivity index (χ4n) is 0.0925. The molecule has 0 heterocycles. The minimum atomic E-state index is -0.437. The number of nitrogens with zero attached hydrogens (tertiary/aromatic N) is 2. The Labute approximate surface area is 50.0 Å². The number of amidine groups is 1. The normalized spacial score (nSPS) is 14.1. The van der Waals surface area contributed by atoms with Crippen LogP contribution in [0, 0.1) is 0 Å². The third-order valence-electron chi connectivity index (χ3n) is 0.407. The molecule has 0 bridgehead atoms. The van der Waals surface area contributed by atoms with Crippen molar-refractivity contribution in [1.82, 2.24) is 0 Å². The first-order chi connectivity index (χ1) is 3.72. The van der Waals surface area contributed by atoms with Gasteiger partial charge in [-0.2, -0.15) is 0 Å². The summed E-state index contributed by atoms with van der Waals surface area (Å²) >= 11 is 5.00. The van der Waals surface area contributed by atoms with E-state index in [4.69, 9.17) is 27.7 Å². The fraction of sp³-hybridized carbons (Fsp3) is 0. The van der Waals surface area contributed by atoms with Crippen molar-refractivity contribution in [2.24, 2.45) is 16.0 Å². The monoisotopic (exact) mass is 137 g/mol. The van der Waals surface area contributed by atoms with E-state index in [-0.39, 0.29) is 0 Å². The van der Waals surface area contributed by atoms with E-state index in [0.29, 0.717) is 0 Å². The molecule has 0 amide bonds. The first kappa shape index (κ1) is 7.03. The van der Waals surface area contributed by atoms with E-state index < -0.39 is 11.0 Å². The lowest BCUT2D eigenvalue weighted by atomic mass is 10.7. The summed E-state index contributed by atoms with van der Waals surface area (Å²) in [5.74, 6) is -0.422. The Bertz CT molecular complexity index is 115. The highest BCUT2D eigenvalue weighted by molar-refractivity contribution is 6.83. The summed E-state index contributed by atoms with van der Waals surface area (Å²) in [5, 5.41) is 20.1. The summed E-state index contributed by atoms with van der Waals surface area (Å²) in [6.45, 7) is 0. The van der Waals surface area contributed by atoms with Gasteiger partial charge in [0.15, 0.2) is 0 Å². The van der Waals surface area contributed by atoms with Crippen LogP contribution in [0.1, 0.15) is 0 Å². The Kier molecular flexibility index (Phi) is 2.71. The van der Waals surface area contributed by atoms with Crippen LogP contribution in [0.4, 0.5) is 0 Å². The van der Waals surface area contributed by atoms with E-state index in [1.54, 1.807) is 0 Å². The molecule has 0 atom stereocenters. The summed E-state index contributed by atoms with van der Waals surface area (Å²) in [7, 11) is 0. The van der Waals surface area contributed by atoms with Crippen molar-refractivity contribution < 1.29 is 10.4 Å². The highest BCUT2D eigenvalue weighted by Crippen LogP contribution is 1.82. The molecule has 0 rings (SSSR count). The number of rotatable bonds is 1. The Morgan fingerprint density at radius 1 is 1.38 bits per heavy atom. The van der Waals surface area contributed by atoms with Gasteiger partial charge in [-0.25, -0.2) is 0 Å². The number of hydrogen-bond donors (Lipinski definition) is 3. The second-order valence-electron chi connectivity index (χ2n) is 0.876. The van der Waals surface area contributed by atoms with Crippen LogP contribution in [-0.2, 0) is 0 Å². The molecular formula is C2H4ClN3O2. The SMILES string of the molecule is NC(=N\O)/C(Cl)=N/O. The maximum absolute atomic E-state index is 7.82. The van der Waals surface area contributed by atoms with Gasteiger partial charge in [0.2, 0.25) is 11.0 Å². The largest absolute Gasteiger partial charge is 0.410 e. The number of nitrogens with two attached hydrogens (primary N) is 1. The van der Waals surface area contributed by atoms with Gasteiger partial charge in [-0.1, -0.05) is 21.9 Å². The molecule has 4 N–H and O–H groups in total. The van der Waals surface area contributed by atoms with Gasteiger partial charge in [0, 0.05) is 0 Å². The second kappa shape index (κ2) is 3.09. The van der Waals surface area contributed by atoms with Crippen molar-refractivity contribution in [3.05, 3.63) is 0 Å². The molecule has 0 fully saturated rings. The highest BCUT2D eigenvalue weighted by Gasteiger charge is 1.98. The first-order valence-corrected chi connectivity index (χ1v) is 1.95. The van der Waals surface area contributed by atoms with E-state index >= 15 is 0 Å². The summed E-state index contributed by atoms with van der Waals surface area (Å²) in [6.07, 6.45) is 0. The minimum Gasteiger partial charge on any atom is -0.410 e. The lowest BCUT2D eigenvalue weighted by Gasteiger charge is -1.86. The molecule has 8 heavy (non-hydrogen) atoms. The molecule has 0 radical (unpaired) electrons. The van der Waals surface area contributed by atoms with Crippen LogP contribution < -0.4 is 5.73 Å². The summed E-state index contributed by atoms with van der Waals surface area (Å²) in [6, 6.07) is 0. The van der Waals surface area contributed by atoms with Crippen molar-refractivity contribution >= 4 is 22.6 Å². The van der Waals surface area contributed by atoms with Gasteiger partial charge >= 0.3 is 0 Å². The van der Waals surface area contributed by atoms with Gasteiger partial charge < -0.3 is 16.1 Å². The molecule has 0 spiro atoms. The Hall–Kier alpha value is -0.970. The fourth-order valence-corrected chi connectivity index (χ4v) is 0.130. The van der Waals surface area contributed by atoms with E-state index in [0.717, 1.165) is 0 Å². The van der Waals surface area contributed by atoms with Crippen molar-refractivity contribution in [1.29, 1.82) is 0 Å². The smallest absolute Gasteiger partial charge is 0.213 e. The Morgan fingerprint density at radius 2 is 1.88 bits per heavy atom. The van der Waals surface area contributed by atoms with Crippen LogP contribution in [-0.4, -0.2) is 21.4 Å². The first-order valence-electron chi connectivity index (χ1n) is 1.57. The number of hydrogen-bond acceptors (Lipinski definition) is 4. The van der Waals surface area contributed by atoms with Crippen molar-refractivity contribution in [3.63, 3.8) is 0 Å². The van der Waals surface area contributed by atoms with Gasteiger partial charge in [0.25, 0.3) is 0 Å². The molecule has 5 nitrogen and oxygen atoms in total. The molecule has 6 heteroatoms. The highest BCUT2D eigenvalue weighted by atomic mass is 35.5. The molecular weight excluding hydrogens is 133 g/mol. The average Bonchev–Trinajstić information content (AvgIpc) is 1.84. The van der Waals surface area contributed by atoms with Gasteiger partial charge in [0.05, 0.1) is 0 Å². The zero-order chi connectivity index (χ0) is 6.57. The van der Waals surface area contributed by atoms with E-state index in [9.17, 15) is 0 Å². The molecule has 0 saturated carbocycles. The van der Waals surface area contributed by atoms with Crippen LogP contribution in [0.5, 0.6) is 0 Å². The summed E-state index contributed by atoms with van der Waals surface area (Å²) in [5.41, 5.74) is 4.80. The number of oxime groups is 2. The van der Waals surface area contributed by atoms with Crippen molar-refractivity contribution in [2.45, 2.75) is 0 Å². The van der Waals surface area contributed by atoms with Gasteiger partial charge in [-0.3, -0.25) is 0 Å². The zero-order valence-corrected chi connectivity index (χ0v) is 4.50. The van der Waals surface area contributed by atoms with Crippen LogP contribution in [0.3, 0.4) is 0 Å². The van der Waals surface area contributed by atoms with Crippen LogP contribution in [0.25, 0.3) is 0 Å². The topological polar surface area (TPSA) is 91.2 Å². The Morgan fingerprint density at radius 3 is 2.00 bits per heavy atom. The quantitative estimate of drug-likeness (QED) is 0.202. The van der Waals surface area contributed by atoms with Crippen LogP contribution in [0.15, 0.2) is 10.3 Å². The lowest BCUT2D eigenvalue weighted by molar-refractivity contribution is 0.314. The molecule has 0 aliphatic heterocycles. The summed E-state index contributed by atoms with van der Waals surface area (Å²) in [4.78, 5) is 0. The van der Waals surface area contributed by atoms with E-state index in [2.05, 4.69) is 10.3 Å². The molecule has 0 aromatic rings. The summed E-state index contributed by atoms with van der Waals surface area (Å²) < 4.78 is 0. The van der Waals surface area contributed by atoms with Crippen LogP contribution in [0.2, 0.25) is 0 Å². The maximum atomic E-state index is 7.82. The van der Waals surface area contributed by atoms with Crippen molar-refractivity contribution in [2.75, 3.05) is 0 Å². The average molecular weight is 138 g/mol. The maximum Gasteiger partial charge on any atom is 0.213 e. The zero-order valence-electron chi connectivity index (χ0n) is 3.74. The van der Waals surface area contributed by atoms with Gasteiger partial charge in [-0.05, 0) is 0 Å². The third kappa shape index (κ3) is 1.65. The minimum absolute atomic E-state index is 0.422. The van der Waals surface area contributed by atoms with Gasteiger partial charge in [-0.15, -0.1) is 0 Å². The molecule has 0 aliphatic carbocycles. The molecule has 0 saturated heterocycles. The Balaban J connectivity index is 4.04. The molecule has 46 valence electrons. The predicted molar refractivity (Wildman–Crippen MR) is 28.5 cm³/mol. The third-order valence-corrected chi connectivity index (χ3v) is 0.676. The van der Waals surface area contributed by atoms with E-state index in [1.165, 1.54) is 0 Å². The number of halogens is 1.